The fourth-order valence-corrected chi connectivity index (χ4v) is 4.62. The van der Waals surface area contributed by atoms with Crippen LogP contribution in [0.3, 0.4) is 0 Å². The van der Waals surface area contributed by atoms with E-state index in [1.807, 2.05) is 12.1 Å². The summed E-state index contributed by atoms with van der Waals surface area (Å²) in [7, 11) is 1.66. The van der Waals surface area contributed by atoms with E-state index in [0.717, 1.165) is 36.1 Å². The van der Waals surface area contributed by atoms with E-state index >= 15 is 0 Å². The predicted molar refractivity (Wildman–Crippen MR) is 105 cm³/mol. The Bertz CT molecular complexity index is 779. The second-order valence-corrected chi connectivity index (χ2v) is 7.47. The average molecular weight is 372 g/mol. The molecule has 0 radical (unpaired) electrons. The first-order valence-corrected chi connectivity index (χ1v) is 9.38. The maximum atomic E-state index is 10.1. The molecule has 2 aliphatic heterocycles. The Morgan fingerprint density at radius 2 is 2.42 bits per heavy atom. The minimum absolute atomic E-state index is 0.0813. The summed E-state index contributed by atoms with van der Waals surface area (Å²) in [6, 6.07) is 4.07. The Morgan fingerprint density at radius 3 is 3.19 bits per heavy atom. The van der Waals surface area contributed by atoms with E-state index in [-0.39, 0.29) is 11.5 Å². The molecular weight excluding hydrogens is 348 g/mol. The van der Waals surface area contributed by atoms with Crippen molar-refractivity contribution in [3.8, 4) is 11.5 Å². The number of ether oxygens (including phenoxy) is 2. The van der Waals surface area contributed by atoms with Crippen molar-refractivity contribution in [2.75, 3.05) is 20.2 Å². The van der Waals surface area contributed by atoms with E-state index < -0.39 is 6.10 Å². The molecule has 0 saturated heterocycles. The molecule has 3 aliphatic rings. The van der Waals surface area contributed by atoms with Crippen molar-refractivity contribution in [1.29, 1.82) is 0 Å². The summed E-state index contributed by atoms with van der Waals surface area (Å²) in [4.78, 5) is 2.20. The molecule has 138 valence electrons. The molecule has 2 N–H and O–H groups in total. The molecule has 26 heavy (non-hydrogen) atoms. The van der Waals surface area contributed by atoms with Crippen molar-refractivity contribution in [2.45, 2.75) is 37.0 Å². The van der Waals surface area contributed by atoms with Gasteiger partial charge in [-0.05, 0) is 30.3 Å². The van der Waals surface area contributed by atoms with Crippen LogP contribution < -0.4 is 14.8 Å². The molecule has 6 heteroatoms. The summed E-state index contributed by atoms with van der Waals surface area (Å²) >= 11 is 5.58. The number of aliphatic hydroxyl groups excluding tert-OH is 1. The van der Waals surface area contributed by atoms with Crippen molar-refractivity contribution in [3.05, 3.63) is 48.1 Å². The van der Waals surface area contributed by atoms with Gasteiger partial charge in [-0.2, -0.15) is 0 Å². The predicted octanol–water partition coefficient (Wildman–Crippen LogP) is 2.28. The molecule has 0 saturated carbocycles. The van der Waals surface area contributed by atoms with Gasteiger partial charge in [-0.1, -0.05) is 24.3 Å². The second-order valence-electron chi connectivity index (χ2n) is 7.09. The SMILES string of the molecule is C=CCNC(=S)N1CC[C@@]23C=CC(O)C[C@@H]2Oc2c(OC)ccc(c23)C1. The lowest BCUT2D eigenvalue weighted by Crippen LogP contribution is -2.44. The third-order valence-corrected chi connectivity index (χ3v) is 6.04. The van der Waals surface area contributed by atoms with Gasteiger partial charge in [0.25, 0.3) is 0 Å². The zero-order valence-electron chi connectivity index (χ0n) is 14.9. The average Bonchev–Trinajstić information content (AvgIpc) is 2.87. The van der Waals surface area contributed by atoms with Gasteiger partial charge in [0.2, 0.25) is 0 Å². The number of rotatable bonds is 3. The summed E-state index contributed by atoms with van der Waals surface area (Å²) in [6.07, 6.45) is 6.77. The van der Waals surface area contributed by atoms with Crippen LogP contribution >= 0.6 is 12.2 Å². The maximum absolute atomic E-state index is 10.1. The molecule has 0 bridgehead atoms. The lowest BCUT2D eigenvalue weighted by atomic mass is 9.69. The molecule has 4 rings (SSSR count). The molecule has 0 amide bonds. The summed E-state index contributed by atoms with van der Waals surface area (Å²) in [5, 5.41) is 14.1. The lowest BCUT2D eigenvalue weighted by Gasteiger charge is -2.36. The molecular formula is C20H24N2O3S. The van der Waals surface area contributed by atoms with Crippen LogP contribution in [0.2, 0.25) is 0 Å². The molecule has 1 spiro atoms. The fraction of sp³-hybridized carbons (Fsp3) is 0.450. The minimum Gasteiger partial charge on any atom is -0.493 e. The number of aliphatic hydroxyl groups is 1. The molecule has 1 aromatic carbocycles. The molecule has 0 aromatic heterocycles. The largest absolute Gasteiger partial charge is 0.493 e. The Balaban J connectivity index is 1.78. The van der Waals surface area contributed by atoms with Gasteiger partial charge in [-0.15, -0.1) is 6.58 Å². The Morgan fingerprint density at radius 1 is 1.58 bits per heavy atom. The van der Waals surface area contributed by atoms with Crippen LogP contribution in [-0.4, -0.2) is 47.5 Å². The molecule has 2 heterocycles. The monoisotopic (exact) mass is 372 g/mol. The van der Waals surface area contributed by atoms with Gasteiger partial charge in [0.15, 0.2) is 16.6 Å². The van der Waals surface area contributed by atoms with Gasteiger partial charge in [0, 0.05) is 31.6 Å². The number of nitrogens with one attached hydrogen (secondary N) is 1. The quantitative estimate of drug-likeness (QED) is 0.627. The van der Waals surface area contributed by atoms with E-state index in [0.29, 0.717) is 13.0 Å². The van der Waals surface area contributed by atoms with E-state index in [2.05, 4.69) is 28.9 Å². The smallest absolute Gasteiger partial charge is 0.169 e. The standard InChI is InChI=1S/C20H24N2O3S/c1-3-9-21-19(26)22-10-8-20-7-6-14(23)11-16(20)25-18-15(24-2)5-4-13(12-22)17(18)20/h3-7,14,16,23H,1,8-12H2,2H3,(H,21,26)/t14?,16-,20-/m0/s1. The van der Waals surface area contributed by atoms with Gasteiger partial charge in [0.05, 0.1) is 18.6 Å². The fourth-order valence-electron chi connectivity index (χ4n) is 4.38. The van der Waals surface area contributed by atoms with Gasteiger partial charge < -0.3 is 24.8 Å². The molecule has 1 unspecified atom stereocenters. The highest BCUT2D eigenvalue weighted by molar-refractivity contribution is 7.80. The van der Waals surface area contributed by atoms with Crippen molar-refractivity contribution >= 4 is 17.3 Å². The van der Waals surface area contributed by atoms with Crippen molar-refractivity contribution in [2.24, 2.45) is 0 Å². The van der Waals surface area contributed by atoms with Crippen molar-refractivity contribution < 1.29 is 14.6 Å². The summed E-state index contributed by atoms with van der Waals surface area (Å²) < 4.78 is 11.9. The van der Waals surface area contributed by atoms with E-state index in [4.69, 9.17) is 21.7 Å². The Kier molecular flexibility index (Phi) is 4.40. The molecule has 5 nitrogen and oxygen atoms in total. The topological polar surface area (TPSA) is 54.0 Å². The van der Waals surface area contributed by atoms with E-state index in [1.54, 1.807) is 13.2 Å². The highest BCUT2D eigenvalue weighted by atomic mass is 32.1. The van der Waals surface area contributed by atoms with E-state index in [1.165, 1.54) is 11.1 Å². The lowest BCUT2D eigenvalue weighted by molar-refractivity contribution is 0.0833. The van der Waals surface area contributed by atoms with Crippen LogP contribution in [0.1, 0.15) is 24.0 Å². The summed E-state index contributed by atoms with van der Waals surface area (Å²) in [5.41, 5.74) is 2.16. The van der Waals surface area contributed by atoms with Crippen LogP contribution in [0.5, 0.6) is 11.5 Å². The molecule has 1 aliphatic carbocycles. The Hall–Kier alpha value is -2.05. The van der Waals surface area contributed by atoms with Crippen LogP contribution in [0.4, 0.5) is 0 Å². The van der Waals surface area contributed by atoms with Gasteiger partial charge in [-0.25, -0.2) is 0 Å². The minimum atomic E-state index is -0.468. The van der Waals surface area contributed by atoms with E-state index in [9.17, 15) is 5.11 Å². The maximum Gasteiger partial charge on any atom is 0.169 e. The van der Waals surface area contributed by atoms with Crippen LogP contribution in [0.15, 0.2) is 36.9 Å². The number of nitrogens with zero attached hydrogens (tertiary/aromatic N) is 1. The van der Waals surface area contributed by atoms with Crippen LogP contribution in [0.25, 0.3) is 0 Å². The number of hydrogen-bond donors (Lipinski definition) is 2. The van der Waals surface area contributed by atoms with Crippen LogP contribution in [-0.2, 0) is 12.0 Å². The van der Waals surface area contributed by atoms with Crippen molar-refractivity contribution in [1.82, 2.24) is 10.2 Å². The first-order chi connectivity index (χ1) is 12.6. The number of methoxy groups -OCH3 is 1. The first kappa shape index (κ1) is 17.4. The second kappa shape index (κ2) is 6.59. The van der Waals surface area contributed by atoms with Crippen LogP contribution in [0, 0.1) is 0 Å². The van der Waals surface area contributed by atoms with Gasteiger partial charge in [-0.3, -0.25) is 0 Å². The number of thiocarbonyl (C=S) groups is 1. The molecule has 3 atom stereocenters. The molecule has 0 fully saturated rings. The molecule has 1 aromatic rings. The van der Waals surface area contributed by atoms with Gasteiger partial charge >= 0.3 is 0 Å². The zero-order valence-corrected chi connectivity index (χ0v) is 15.7. The highest BCUT2D eigenvalue weighted by Crippen LogP contribution is 2.55. The normalized spacial score (nSPS) is 28.5. The number of benzene rings is 1. The summed E-state index contributed by atoms with van der Waals surface area (Å²) in [6.45, 7) is 5.94. The number of hydrogen-bond acceptors (Lipinski definition) is 4. The Labute approximate surface area is 159 Å². The first-order valence-electron chi connectivity index (χ1n) is 8.97. The zero-order chi connectivity index (χ0) is 18.3. The third-order valence-electron chi connectivity index (χ3n) is 5.64. The third kappa shape index (κ3) is 2.59. The van der Waals surface area contributed by atoms with Gasteiger partial charge in [0.1, 0.15) is 6.10 Å². The highest BCUT2D eigenvalue weighted by Gasteiger charge is 2.52. The van der Waals surface area contributed by atoms with Crippen molar-refractivity contribution in [3.63, 3.8) is 0 Å². The summed E-state index contributed by atoms with van der Waals surface area (Å²) in [5.74, 6) is 1.57.